The highest BCUT2D eigenvalue weighted by Crippen LogP contribution is 2.29. The van der Waals surface area contributed by atoms with E-state index in [1.807, 2.05) is 36.2 Å². The molecule has 0 aliphatic carbocycles. The molecule has 2 aromatic rings. The van der Waals surface area contributed by atoms with E-state index >= 15 is 0 Å². The number of fused-ring (bicyclic) bond motifs is 1. The van der Waals surface area contributed by atoms with Gasteiger partial charge in [-0.3, -0.25) is 9.78 Å². The Bertz CT molecular complexity index is 624. The summed E-state index contributed by atoms with van der Waals surface area (Å²) in [5.74, 6) is 0.00222. The van der Waals surface area contributed by atoms with Gasteiger partial charge in [0.15, 0.2) is 0 Å². The second-order valence-electron chi connectivity index (χ2n) is 4.51. The minimum atomic E-state index is 0.00222. The van der Waals surface area contributed by atoms with Gasteiger partial charge in [-0.2, -0.15) is 0 Å². The minimum Gasteiger partial charge on any atom is -0.387 e. The third-order valence-electron chi connectivity index (χ3n) is 3.45. The number of nitrogens with zero attached hydrogens (tertiary/aromatic N) is 2. The van der Waals surface area contributed by atoms with Crippen LogP contribution in [0.15, 0.2) is 42.7 Å². The van der Waals surface area contributed by atoms with Crippen LogP contribution in [0.25, 0.3) is 0 Å². The lowest BCUT2D eigenvalue weighted by molar-refractivity contribution is 0.0990. The molecule has 3 rings (SSSR count). The predicted octanol–water partition coefficient (Wildman–Crippen LogP) is 2.33. The summed E-state index contributed by atoms with van der Waals surface area (Å²) in [6, 6.07) is 9.86. The molecule has 1 aliphatic rings. The van der Waals surface area contributed by atoms with E-state index in [-0.39, 0.29) is 5.91 Å². The lowest BCUT2D eigenvalue weighted by atomic mass is 10.1. The van der Waals surface area contributed by atoms with E-state index in [9.17, 15) is 4.79 Å². The fourth-order valence-corrected chi connectivity index (χ4v) is 2.48. The van der Waals surface area contributed by atoms with Crippen LogP contribution in [-0.4, -0.2) is 24.5 Å². The van der Waals surface area contributed by atoms with E-state index in [2.05, 4.69) is 16.4 Å². The maximum Gasteiger partial charge on any atom is 0.261 e. The number of benzene rings is 1. The van der Waals surface area contributed by atoms with Crippen molar-refractivity contribution in [2.75, 3.05) is 23.8 Å². The quantitative estimate of drug-likeness (QED) is 0.893. The van der Waals surface area contributed by atoms with Crippen molar-refractivity contribution in [3.05, 3.63) is 53.9 Å². The number of aromatic nitrogens is 1. The Morgan fingerprint density at radius 2 is 2.16 bits per heavy atom. The molecule has 1 amide bonds. The monoisotopic (exact) mass is 253 g/mol. The molecule has 0 fully saturated rings. The normalized spacial score (nSPS) is 13.2. The van der Waals surface area contributed by atoms with Crippen LogP contribution in [0, 0.1) is 0 Å². The van der Waals surface area contributed by atoms with Crippen molar-refractivity contribution < 1.29 is 4.79 Å². The Labute approximate surface area is 112 Å². The Kier molecular flexibility index (Phi) is 2.91. The lowest BCUT2D eigenvalue weighted by Gasteiger charge is -2.18. The van der Waals surface area contributed by atoms with E-state index in [4.69, 9.17) is 0 Å². The molecule has 4 heteroatoms. The van der Waals surface area contributed by atoms with Gasteiger partial charge in [-0.1, -0.05) is 18.2 Å². The fourth-order valence-electron chi connectivity index (χ4n) is 2.48. The van der Waals surface area contributed by atoms with Crippen molar-refractivity contribution in [1.82, 2.24) is 4.98 Å². The van der Waals surface area contributed by atoms with Crippen LogP contribution in [0.4, 0.5) is 11.4 Å². The zero-order chi connectivity index (χ0) is 13.2. The summed E-state index contributed by atoms with van der Waals surface area (Å²) >= 11 is 0. The van der Waals surface area contributed by atoms with Gasteiger partial charge in [0.1, 0.15) is 0 Å². The molecule has 0 saturated heterocycles. The van der Waals surface area contributed by atoms with Crippen LogP contribution in [0.1, 0.15) is 15.9 Å². The molecule has 0 spiro atoms. The molecule has 1 N–H and O–H groups in total. The van der Waals surface area contributed by atoms with Crippen LogP contribution in [-0.2, 0) is 6.42 Å². The Balaban J connectivity index is 1.98. The molecule has 1 aliphatic heterocycles. The molecule has 4 nitrogen and oxygen atoms in total. The van der Waals surface area contributed by atoms with Crippen molar-refractivity contribution >= 4 is 17.3 Å². The molecule has 96 valence electrons. The molecule has 0 radical (unpaired) electrons. The number of hydrogen-bond donors (Lipinski definition) is 1. The van der Waals surface area contributed by atoms with Crippen LogP contribution in [0.5, 0.6) is 0 Å². The van der Waals surface area contributed by atoms with Crippen LogP contribution < -0.4 is 10.2 Å². The first-order chi connectivity index (χ1) is 9.31. The number of rotatable bonds is 2. The van der Waals surface area contributed by atoms with Crippen LogP contribution >= 0.6 is 0 Å². The Morgan fingerprint density at radius 3 is 3.00 bits per heavy atom. The van der Waals surface area contributed by atoms with Gasteiger partial charge in [-0.05, 0) is 24.1 Å². The molecule has 0 unspecified atom stereocenters. The van der Waals surface area contributed by atoms with Gasteiger partial charge in [0.25, 0.3) is 5.91 Å². The lowest BCUT2D eigenvalue weighted by Crippen LogP contribution is -2.29. The fraction of sp³-hybridized carbons (Fsp3) is 0.200. The number of hydrogen-bond acceptors (Lipinski definition) is 3. The van der Waals surface area contributed by atoms with Gasteiger partial charge in [0.05, 0.1) is 5.56 Å². The van der Waals surface area contributed by atoms with Crippen LogP contribution in [0.2, 0.25) is 0 Å². The van der Waals surface area contributed by atoms with Crippen LogP contribution in [0.3, 0.4) is 0 Å². The molecule has 19 heavy (non-hydrogen) atoms. The molecular weight excluding hydrogens is 238 g/mol. The van der Waals surface area contributed by atoms with Crippen molar-refractivity contribution in [2.24, 2.45) is 0 Å². The maximum absolute atomic E-state index is 12.6. The predicted molar refractivity (Wildman–Crippen MR) is 75.6 cm³/mol. The third kappa shape index (κ3) is 1.95. The first-order valence-electron chi connectivity index (χ1n) is 6.33. The summed E-state index contributed by atoms with van der Waals surface area (Å²) in [6.45, 7) is 0.732. The largest absolute Gasteiger partial charge is 0.387 e. The Morgan fingerprint density at radius 1 is 1.32 bits per heavy atom. The highest BCUT2D eigenvalue weighted by molar-refractivity contribution is 6.10. The molecule has 0 bridgehead atoms. The van der Waals surface area contributed by atoms with Crippen molar-refractivity contribution in [1.29, 1.82) is 0 Å². The number of nitrogens with one attached hydrogen (secondary N) is 1. The molecule has 0 atom stereocenters. The standard InChI is InChI=1S/C15H15N3O/c1-16-13-6-8-17-10-12(13)15(19)18-9-7-11-4-2-3-5-14(11)18/h2-6,8,10H,7,9H2,1H3,(H,16,17). The average Bonchev–Trinajstić information content (AvgIpc) is 2.90. The number of pyridine rings is 1. The molecular formula is C15H15N3O. The maximum atomic E-state index is 12.6. The van der Waals surface area contributed by atoms with Gasteiger partial charge in [-0.15, -0.1) is 0 Å². The van der Waals surface area contributed by atoms with E-state index < -0.39 is 0 Å². The second kappa shape index (κ2) is 4.72. The minimum absolute atomic E-state index is 0.00222. The van der Waals surface area contributed by atoms with Crippen molar-refractivity contribution in [2.45, 2.75) is 6.42 Å². The van der Waals surface area contributed by atoms with E-state index in [0.717, 1.165) is 24.3 Å². The van der Waals surface area contributed by atoms with Gasteiger partial charge in [0, 0.05) is 37.4 Å². The summed E-state index contributed by atoms with van der Waals surface area (Å²) in [5.41, 5.74) is 3.66. The molecule has 1 aromatic carbocycles. The SMILES string of the molecule is CNc1ccncc1C(=O)N1CCc2ccccc21. The number of carbonyl (C=O) groups excluding carboxylic acids is 1. The van der Waals surface area contributed by atoms with Crippen molar-refractivity contribution in [3.63, 3.8) is 0 Å². The van der Waals surface area contributed by atoms with Gasteiger partial charge in [0.2, 0.25) is 0 Å². The smallest absolute Gasteiger partial charge is 0.261 e. The topological polar surface area (TPSA) is 45.2 Å². The first kappa shape index (κ1) is 11.7. The molecule has 1 aromatic heterocycles. The number of anilines is 2. The summed E-state index contributed by atoms with van der Waals surface area (Å²) in [4.78, 5) is 18.5. The van der Waals surface area contributed by atoms with Gasteiger partial charge in [-0.25, -0.2) is 0 Å². The summed E-state index contributed by atoms with van der Waals surface area (Å²) in [6.07, 6.45) is 4.21. The second-order valence-corrected chi connectivity index (χ2v) is 4.51. The zero-order valence-corrected chi connectivity index (χ0v) is 10.8. The van der Waals surface area contributed by atoms with E-state index in [0.29, 0.717) is 5.56 Å². The molecule has 0 saturated carbocycles. The number of amides is 1. The number of carbonyl (C=O) groups is 1. The Hall–Kier alpha value is -2.36. The zero-order valence-electron chi connectivity index (χ0n) is 10.8. The first-order valence-corrected chi connectivity index (χ1v) is 6.33. The summed E-state index contributed by atoms with van der Waals surface area (Å²) in [7, 11) is 1.81. The average molecular weight is 253 g/mol. The summed E-state index contributed by atoms with van der Waals surface area (Å²) in [5, 5.41) is 3.04. The van der Waals surface area contributed by atoms with Gasteiger partial charge < -0.3 is 10.2 Å². The summed E-state index contributed by atoms with van der Waals surface area (Å²) < 4.78 is 0. The third-order valence-corrected chi connectivity index (χ3v) is 3.45. The molecule has 2 heterocycles. The van der Waals surface area contributed by atoms with E-state index in [1.54, 1.807) is 12.4 Å². The highest BCUT2D eigenvalue weighted by Gasteiger charge is 2.26. The van der Waals surface area contributed by atoms with E-state index in [1.165, 1.54) is 5.56 Å². The van der Waals surface area contributed by atoms with Gasteiger partial charge >= 0.3 is 0 Å². The number of para-hydroxylation sites is 1. The van der Waals surface area contributed by atoms with Crippen molar-refractivity contribution in [3.8, 4) is 0 Å². The highest BCUT2D eigenvalue weighted by atomic mass is 16.2.